The molecule has 1 aliphatic heterocycles. The van der Waals surface area contributed by atoms with E-state index in [1.165, 1.54) is 32.9 Å². The average molecular weight is 363 g/mol. The summed E-state index contributed by atoms with van der Waals surface area (Å²) >= 11 is 0. The molecule has 0 aliphatic carbocycles. The molecule has 1 heterocycles. The van der Waals surface area contributed by atoms with E-state index in [1.807, 2.05) is 0 Å². The van der Waals surface area contributed by atoms with Gasteiger partial charge in [-0.25, -0.2) is 0 Å². The zero-order valence-corrected chi connectivity index (χ0v) is 16.0. The van der Waals surface area contributed by atoms with Crippen LogP contribution in [0.15, 0.2) is 109 Å². The third kappa shape index (κ3) is 2.88. The standard InChI is InChI=1S/C25H20NSi/c1-3-13-22(14-4-1)27(23-15-5-2-6-16-23)26-24-17-9-7-11-20(24)19-21-12-8-10-18-25(21)26/h1-18H,19H2. The van der Waals surface area contributed by atoms with Gasteiger partial charge in [0.1, 0.15) is 0 Å². The molecule has 0 saturated heterocycles. The van der Waals surface area contributed by atoms with Gasteiger partial charge in [0.05, 0.1) is 0 Å². The van der Waals surface area contributed by atoms with Gasteiger partial charge in [0.2, 0.25) is 8.96 Å². The number of anilines is 2. The largest absolute Gasteiger partial charge is 0.359 e. The summed E-state index contributed by atoms with van der Waals surface area (Å²) in [6, 6.07) is 39.7. The highest BCUT2D eigenvalue weighted by Gasteiger charge is 2.32. The summed E-state index contributed by atoms with van der Waals surface area (Å²) < 4.78 is 2.61. The molecule has 0 aromatic heterocycles. The second-order valence-electron chi connectivity index (χ2n) is 6.85. The number of benzene rings is 4. The first-order valence-corrected chi connectivity index (χ1v) is 10.8. The first kappa shape index (κ1) is 16.1. The Morgan fingerprint density at radius 2 is 0.889 bits per heavy atom. The molecule has 0 spiro atoms. The lowest BCUT2D eigenvalue weighted by atomic mass is 9.97. The van der Waals surface area contributed by atoms with Gasteiger partial charge in [-0.1, -0.05) is 97.1 Å². The molecule has 4 aromatic rings. The first-order chi connectivity index (χ1) is 13.4. The molecule has 0 N–H and O–H groups in total. The van der Waals surface area contributed by atoms with Crippen LogP contribution in [0, 0.1) is 0 Å². The van der Waals surface area contributed by atoms with Crippen LogP contribution in [0.3, 0.4) is 0 Å². The molecular formula is C25H20NSi. The predicted molar refractivity (Wildman–Crippen MR) is 116 cm³/mol. The summed E-state index contributed by atoms with van der Waals surface area (Å²) in [4.78, 5) is 0. The molecule has 1 nitrogen and oxygen atoms in total. The molecule has 4 aromatic carbocycles. The predicted octanol–water partition coefficient (Wildman–Crippen LogP) is 4.53. The molecule has 0 unspecified atom stereocenters. The van der Waals surface area contributed by atoms with E-state index >= 15 is 0 Å². The summed E-state index contributed by atoms with van der Waals surface area (Å²) in [5.74, 6) is 0. The van der Waals surface area contributed by atoms with E-state index in [0.717, 1.165) is 6.42 Å². The van der Waals surface area contributed by atoms with Crippen LogP contribution in [-0.4, -0.2) is 8.96 Å². The van der Waals surface area contributed by atoms with Gasteiger partial charge in [0, 0.05) is 17.8 Å². The van der Waals surface area contributed by atoms with Crippen molar-refractivity contribution in [2.45, 2.75) is 6.42 Å². The van der Waals surface area contributed by atoms with Crippen LogP contribution in [-0.2, 0) is 6.42 Å². The number of hydrogen-bond donors (Lipinski definition) is 0. The molecule has 0 bridgehead atoms. The lowest BCUT2D eigenvalue weighted by Crippen LogP contribution is -2.55. The summed E-state index contributed by atoms with van der Waals surface area (Å²) in [5, 5.41) is 2.81. The van der Waals surface area contributed by atoms with Gasteiger partial charge in [-0.15, -0.1) is 0 Å². The number of rotatable bonds is 3. The van der Waals surface area contributed by atoms with Gasteiger partial charge < -0.3 is 4.57 Å². The van der Waals surface area contributed by atoms with Crippen molar-refractivity contribution in [3.63, 3.8) is 0 Å². The maximum Gasteiger partial charge on any atom is 0.247 e. The number of hydrogen-bond acceptors (Lipinski definition) is 1. The quantitative estimate of drug-likeness (QED) is 0.484. The Kier molecular flexibility index (Phi) is 4.11. The minimum absolute atomic E-state index is 1.00. The number of para-hydroxylation sites is 2. The van der Waals surface area contributed by atoms with Crippen LogP contribution in [0.1, 0.15) is 11.1 Å². The fraction of sp³-hybridized carbons (Fsp3) is 0.0400. The third-order valence-corrected chi connectivity index (χ3v) is 7.85. The Morgan fingerprint density at radius 1 is 0.481 bits per heavy atom. The summed E-state index contributed by atoms with van der Waals surface area (Å²) in [5.41, 5.74) is 5.51. The fourth-order valence-corrected chi connectivity index (χ4v) is 6.73. The lowest BCUT2D eigenvalue weighted by molar-refractivity contribution is 1.12. The highest BCUT2D eigenvalue weighted by atomic mass is 28.3. The molecule has 0 fully saturated rings. The maximum atomic E-state index is 2.61. The van der Waals surface area contributed by atoms with Crippen molar-refractivity contribution in [3.8, 4) is 0 Å². The Balaban J connectivity index is 1.77. The summed E-state index contributed by atoms with van der Waals surface area (Å²) in [6.45, 7) is 0. The zero-order valence-electron chi connectivity index (χ0n) is 15.0. The molecule has 5 rings (SSSR count). The van der Waals surface area contributed by atoms with Gasteiger partial charge in [0.15, 0.2) is 0 Å². The minimum atomic E-state index is -1.19. The van der Waals surface area contributed by atoms with Gasteiger partial charge >= 0.3 is 0 Å². The van der Waals surface area contributed by atoms with Crippen LogP contribution < -0.4 is 14.9 Å². The Morgan fingerprint density at radius 3 is 1.37 bits per heavy atom. The van der Waals surface area contributed by atoms with Crippen molar-refractivity contribution < 1.29 is 0 Å². The maximum absolute atomic E-state index is 2.61. The number of nitrogens with zero attached hydrogens (tertiary/aromatic N) is 1. The van der Waals surface area contributed by atoms with E-state index in [9.17, 15) is 0 Å². The van der Waals surface area contributed by atoms with Crippen molar-refractivity contribution in [1.82, 2.24) is 0 Å². The van der Waals surface area contributed by atoms with Crippen LogP contribution in [0.2, 0.25) is 0 Å². The smallest absolute Gasteiger partial charge is 0.247 e. The van der Waals surface area contributed by atoms with Gasteiger partial charge in [-0.05, 0) is 33.6 Å². The highest BCUT2D eigenvalue weighted by molar-refractivity contribution is 6.89. The van der Waals surface area contributed by atoms with Crippen molar-refractivity contribution in [2.24, 2.45) is 0 Å². The van der Waals surface area contributed by atoms with Crippen LogP contribution in [0.25, 0.3) is 0 Å². The normalized spacial score (nSPS) is 12.6. The van der Waals surface area contributed by atoms with Crippen molar-refractivity contribution in [1.29, 1.82) is 0 Å². The van der Waals surface area contributed by atoms with E-state index in [1.54, 1.807) is 0 Å². The minimum Gasteiger partial charge on any atom is -0.359 e. The first-order valence-electron chi connectivity index (χ1n) is 9.35. The molecule has 27 heavy (non-hydrogen) atoms. The molecule has 0 saturated carbocycles. The molecule has 1 radical (unpaired) electrons. The Labute approximate surface area is 162 Å². The molecule has 0 atom stereocenters. The van der Waals surface area contributed by atoms with Crippen molar-refractivity contribution in [2.75, 3.05) is 4.57 Å². The van der Waals surface area contributed by atoms with Crippen LogP contribution >= 0.6 is 0 Å². The van der Waals surface area contributed by atoms with E-state index < -0.39 is 8.96 Å². The third-order valence-electron chi connectivity index (χ3n) is 5.16. The SMILES string of the molecule is c1ccc([Si](c2ccccc2)N2c3ccccc3Cc3ccccc32)cc1. The molecule has 129 valence electrons. The van der Waals surface area contributed by atoms with Gasteiger partial charge in [0.25, 0.3) is 0 Å². The van der Waals surface area contributed by atoms with Gasteiger partial charge in [-0.2, -0.15) is 0 Å². The van der Waals surface area contributed by atoms with E-state index in [0.29, 0.717) is 0 Å². The van der Waals surface area contributed by atoms with E-state index in [2.05, 4.69) is 114 Å². The van der Waals surface area contributed by atoms with Gasteiger partial charge in [-0.3, -0.25) is 0 Å². The average Bonchev–Trinajstić information content (AvgIpc) is 2.75. The summed E-state index contributed by atoms with van der Waals surface area (Å²) in [6.07, 6.45) is 1.00. The molecular weight excluding hydrogens is 342 g/mol. The number of fused-ring (bicyclic) bond motifs is 2. The van der Waals surface area contributed by atoms with Crippen molar-refractivity contribution >= 4 is 30.7 Å². The summed E-state index contributed by atoms with van der Waals surface area (Å²) in [7, 11) is -1.19. The second kappa shape index (κ2) is 6.90. The molecule has 0 amide bonds. The monoisotopic (exact) mass is 362 g/mol. The second-order valence-corrected chi connectivity index (χ2v) is 9.15. The lowest BCUT2D eigenvalue weighted by Gasteiger charge is -2.38. The van der Waals surface area contributed by atoms with E-state index in [-0.39, 0.29) is 0 Å². The van der Waals surface area contributed by atoms with Crippen LogP contribution in [0.4, 0.5) is 11.4 Å². The van der Waals surface area contributed by atoms with Crippen LogP contribution in [0.5, 0.6) is 0 Å². The topological polar surface area (TPSA) is 3.24 Å². The molecule has 1 aliphatic rings. The zero-order chi connectivity index (χ0) is 18.1. The van der Waals surface area contributed by atoms with Crippen molar-refractivity contribution in [3.05, 3.63) is 120 Å². The fourth-order valence-electron chi connectivity index (χ4n) is 3.95. The molecule has 2 heteroatoms. The Hall–Kier alpha value is -3.10. The Bertz CT molecular complexity index is 975. The highest BCUT2D eigenvalue weighted by Crippen LogP contribution is 2.38. The van der Waals surface area contributed by atoms with E-state index in [4.69, 9.17) is 0 Å².